The summed E-state index contributed by atoms with van der Waals surface area (Å²) in [5, 5.41) is 2.85. The fourth-order valence-electron chi connectivity index (χ4n) is 2.36. The van der Waals surface area contributed by atoms with Gasteiger partial charge in [-0.3, -0.25) is 4.79 Å². The van der Waals surface area contributed by atoms with E-state index in [1.54, 1.807) is 32.2 Å². The molecular weight excluding hydrogens is 306 g/mol. The van der Waals surface area contributed by atoms with Crippen LogP contribution < -0.4 is 10.1 Å². The average Bonchev–Trinajstić information content (AvgIpc) is 2.61. The third-order valence-electron chi connectivity index (χ3n) is 3.81. The predicted molar refractivity (Wildman–Crippen MR) is 92.5 cm³/mol. The topological polar surface area (TPSA) is 64.6 Å². The van der Waals surface area contributed by atoms with Crippen molar-refractivity contribution in [2.24, 2.45) is 0 Å². The molecule has 2 aromatic rings. The van der Waals surface area contributed by atoms with E-state index in [0.717, 1.165) is 11.3 Å². The van der Waals surface area contributed by atoms with Crippen molar-refractivity contribution in [3.8, 4) is 5.75 Å². The zero-order valence-corrected chi connectivity index (χ0v) is 14.1. The molecule has 0 fully saturated rings. The summed E-state index contributed by atoms with van der Waals surface area (Å²) in [5.41, 5.74) is 2.83. The van der Waals surface area contributed by atoms with Gasteiger partial charge >= 0.3 is 5.97 Å². The van der Waals surface area contributed by atoms with Gasteiger partial charge in [0.05, 0.1) is 19.8 Å². The number of aryl methyl sites for hydroxylation is 1. The Bertz CT molecular complexity index is 723. The summed E-state index contributed by atoms with van der Waals surface area (Å²) < 4.78 is 9.85. The van der Waals surface area contributed by atoms with Gasteiger partial charge in [0.1, 0.15) is 5.75 Å². The van der Waals surface area contributed by atoms with Crippen LogP contribution in [-0.4, -0.2) is 26.1 Å². The molecule has 2 aromatic carbocycles. The highest BCUT2D eigenvalue weighted by Crippen LogP contribution is 2.20. The Kier molecular flexibility index (Phi) is 5.95. The summed E-state index contributed by atoms with van der Waals surface area (Å²) in [6.45, 7) is 1.78. The lowest BCUT2D eigenvalue weighted by atomic mass is 10.1. The Morgan fingerprint density at radius 2 is 1.75 bits per heavy atom. The number of carbonyl (C=O) groups excluding carboxylic acids is 2. The third kappa shape index (κ3) is 4.35. The van der Waals surface area contributed by atoms with Gasteiger partial charge in [0.2, 0.25) is 5.91 Å². The molecule has 0 heterocycles. The number of anilines is 1. The summed E-state index contributed by atoms with van der Waals surface area (Å²) in [5.74, 6) is 0.274. The summed E-state index contributed by atoms with van der Waals surface area (Å²) in [6.07, 6.45) is 0.986. The summed E-state index contributed by atoms with van der Waals surface area (Å²) in [4.78, 5) is 23.8. The minimum atomic E-state index is -0.415. The van der Waals surface area contributed by atoms with Gasteiger partial charge in [0.25, 0.3) is 0 Å². The second-order valence-corrected chi connectivity index (χ2v) is 5.37. The first-order valence-corrected chi connectivity index (χ1v) is 7.66. The molecule has 0 spiro atoms. The summed E-state index contributed by atoms with van der Waals surface area (Å²) in [6, 6.07) is 12.8. The van der Waals surface area contributed by atoms with Crippen molar-refractivity contribution in [3.63, 3.8) is 0 Å². The zero-order valence-electron chi connectivity index (χ0n) is 14.1. The molecule has 0 aliphatic carbocycles. The SMILES string of the molecule is COC(=O)c1cccc(NC(=O)CCc2ccc(OC)cc2)c1C. The molecule has 0 bridgehead atoms. The quantitative estimate of drug-likeness (QED) is 0.826. The van der Waals surface area contributed by atoms with Gasteiger partial charge in [-0.05, 0) is 48.7 Å². The molecule has 5 nitrogen and oxygen atoms in total. The number of methoxy groups -OCH3 is 2. The summed E-state index contributed by atoms with van der Waals surface area (Å²) in [7, 11) is 2.95. The standard InChI is InChI=1S/C19H21NO4/c1-13-16(19(22)24-3)5-4-6-17(13)20-18(21)12-9-14-7-10-15(23-2)11-8-14/h4-8,10-11H,9,12H2,1-3H3,(H,20,21). The number of carbonyl (C=O) groups is 2. The van der Waals surface area contributed by atoms with Crippen LogP contribution in [0.5, 0.6) is 5.75 Å². The van der Waals surface area contributed by atoms with Crippen LogP contribution in [0.3, 0.4) is 0 Å². The molecule has 1 amide bonds. The van der Waals surface area contributed by atoms with E-state index in [9.17, 15) is 9.59 Å². The minimum absolute atomic E-state index is 0.101. The van der Waals surface area contributed by atoms with E-state index < -0.39 is 5.97 Å². The van der Waals surface area contributed by atoms with Crippen molar-refractivity contribution in [1.29, 1.82) is 0 Å². The number of benzene rings is 2. The normalized spacial score (nSPS) is 10.1. The van der Waals surface area contributed by atoms with E-state index in [1.165, 1.54) is 7.11 Å². The number of hydrogen-bond donors (Lipinski definition) is 1. The van der Waals surface area contributed by atoms with Gasteiger partial charge < -0.3 is 14.8 Å². The number of nitrogens with one attached hydrogen (secondary N) is 1. The molecule has 0 unspecified atom stereocenters. The fourth-order valence-corrected chi connectivity index (χ4v) is 2.36. The first-order chi connectivity index (χ1) is 11.5. The van der Waals surface area contributed by atoms with Crippen LogP contribution in [0.15, 0.2) is 42.5 Å². The molecule has 5 heteroatoms. The number of rotatable bonds is 6. The highest BCUT2D eigenvalue weighted by molar-refractivity contribution is 5.96. The lowest BCUT2D eigenvalue weighted by molar-refractivity contribution is -0.116. The van der Waals surface area contributed by atoms with Crippen LogP contribution in [0.25, 0.3) is 0 Å². The first kappa shape index (κ1) is 17.5. The van der Waals surface area contributed by atoms with E-state index in [2.05, 4.69) is 5.32 Å². The first-order valence-electron chi connectivity index (χ1n) is 7.66. The smallest absolute Gasteiger partial charge is 0.338 e. The average molecular weight is 327 g/mol. The zero-order chi connectivity index (χ0) is 17.5. The third-order valence-corrected chi connectivity index (χ3v) is 3.81. The molecule has 0 atom stereocenters. The number of ether oxygens (including phenoxy) is 2. The van der Waals surface area contributed by atoms with Crippen molar-refractivity contribution < 1.29 is 19.1 Å². The van der Waals surface area contributed by atoms with Crippen LogP contribution in [0.4, 0.5) is 5.69 Å². The Balaban J connectivity index is 1.98. The number of hydrogen-bond acceptors (Lipinski definition) is 4. The molecule has 2 rings (SSSR count). The Labute approximate surface area is 141 Å². The highest BCUT2D eigenvalue weighted by Gasteiger charge is 2.13. The van der Waals surface area contributed by atoms with Crippen molar-refractivity contribution in [3.05, 3.63) is 59.2 Å². The molecule has 0 saturated carbocycles. The van der Waals surface area contributed by atoms with Crippen LogP contribution >= 0.6 is 0 Å². The molecule has 0 aromatic heterocycles. The Hall–Kier alpha value is -2.82. The fraction of sp³-hybridized carbons (Fsp3) is 0.263. The lowest BCUT2D eigenvalue weighted by Crippen LogP contribution is -2.14. The van der Waals surface area contributed by atoms with Crippen LogP contribution in [0, 0.1) is 6.92 Å². The maximum atomic E-state index is 12.2. The molecule has 0 aliphatic heterocycles. The van der Waals surface area contributed by atoms with E-state index in [4.69, 9.17) is 9.47 Å². The van der Waals surface area contributed by atoms with Crippen molar-refractivity contribution in [1.82, 2.24) is 0 Å². The van der Waals surface area contributed by atoms with E-state index >= 15 is 0 Å². The van der Waals surface area contributed by atoms with Crippen molar-refractivity contribution in [2.45, 2.75) is 19.8 Å². The van der Waals surface area contributed by atoms with Gasteiger partial charge in [0, 0.05) is 12.1 Å². The van der Waals surface area contributed by atoms with Gasteiger partial charge in [-0.2, -0.15) is 0 Å². The molecule has 0 aliphatic rings. The largest absolute Gasteiger partial charge is 0.497 e. The second-order valence-electron chi connectivity index (χ2n) is 5.37. The maximum Gasteiger partial charge on any atom is 0.338 e. The molecule has 1 N–H and O–H groups in total. The van der Waals surface area contributed by atoms with Crippen molar-refractivity contribution in [2.75, 3.05) is 19.5 Å². The molecule has 24 heavy (non-hydrogen) atoms. The van der Waals surface area contributed by atoms with Crippen molar-refractivity contribution >= 4 is 17.6 Å². The minimum Gasteiger partial charge on any atom is -0.497 e. The molecule has 0 saturated heterocycles. The summed E-state index contributed by atoms with van der Waals surface area (Å²) >= 11 is 0. The molecular formula is C19H21NO4. The predicted octanol–water partition coefficient (Wildman–Crippen LogP) is 3.36. The van der Waals surface area contributed by atoms with Gasteiger partial charge in [-0.1, -0.05) is 18.2 Å². The van der Waals surface area contributed by atoms with Gasteiger partial charge in [-0.15, -0.1) is 0 Å². The van der Waals surface area contributed by atoms with Crippen LogP contribution in [-0.2, 0) is 16.0 Å². The number of esters is 1. The van der Waals surface area contributed by atoms with Gasteiger partial charge in [0.15, 0.2) is 0 Å². The van der Waals surface area contributed by atoms with Crippen LogP contribution in [0.1, 0.15) is 27.9 Å². The number of amides is 1. The monoisotopic (exact) mass is 327 g/mol. The van der Waals surface area contributed by atoms with E-state index in [1.807, 2.05) is 24.3 Å². The molecule has 126 valence electrons. The second kappa shape index (κ2) is 8.15. The highest BCUT2D eigenvalue weighted by atomic mass is 16.5. The van der Waals surface area contributed by atoms with E-state index in [-0.39, 0.29) is 5.91 Å². The maximum absolute atomic E-state index is 12.2. The van der Waals surface area contributed by atoms with Gasteiger partial charge in [-0.25, -0.2) is 4.79 Å². The van der Waals surface area contributed by atoms with E-state index in [0.29, 0.717) is 29.7 Å². The van der Waals surface area contributed by atoms with Crippen LogP contribution in [0.2, 0.25) is 0 Å². The Morgan fingerprint density at radius 1 is 1.04 bits per heavy atom. The Morgan fingerprint density at radius 3 is 2.38 bits per heavy atom. The molecule has 0 radical (unpaired) electrons. The lowest BCUT2D eigenvalue weighted by Gasteiger charge is -2.11.